The van der Waals surface area contributed by atoms with Gasteiger partial charge in [0.2, 0.25) is 18.1 Å². The minimum atomic E-state index is -1.65. The highest BCUT2D eigenvalue weighted by Gasteiger charge is 2.52. The van der Waals surface area contributed by atoms with Crippen molar-refractivity contribution in [3.63, 3.8) is 0 Å². The van der Waals surface area contributed by atoms with Crippen molar-refractivity contribution in [2.75, 3.05) is 13.2 Å². The molecule has 0 aliphatic carbocycles. The Balaban J connectivity index is 1.93. The van der Waals surface area contributed by atoms with Gasteiger partial charge in [-0.15, -0.1) is 0 Å². The molecule has 0 radical (unpaired) electrons. The van der Waals surface area contributed by atoms with Crippen LogP contribution in [0.4, 0.5) is 5.69 Å². The van der Waals surface area contributed by atoms with Crippen LogP contribution in [-0.2, 0) is 23.8 Å². The van der Waals surface area contributed by atoms with Gasteiger partial charge in [0.05, 0.1) is 18.1 Å². The van der Waals surface area contributed by atoms with Crippen LogP contribution in [-0.4, -0.2) is 117 Å². The Morgan fingerprint density at radius 1 is 0.895 bits per heavy atom. The zero-order valence-electron chi connectivity index (χ0n) is 20.4. The van der Waals surface area contributed by atoms with Crippen molar-refractivity contribution in [3.8, 4) is 5.75 Å². The molecule has 1 aromatic rings. The van der Waals surface area contributed by atoms with Gasteiger partial charge in [0, 0.05) is 26.0 Å². The maximum atomic E-state index is 12.1. The Bertz CT molecular complexity index is 980. The summed E-state index contributed by atoms with van der Waals surface area (Å²) in [5, 5.41) is 67.0. The zero-order chi connectivity index (χ0) is 28.1. The molecule has 212 valence electrons. The first-order valence-corrected chi connectivity index (χ1v) is 11.6. The molecule has 2 heterocycles. The third-order valence-corrected chi connectivity index (χ3v) is 6.07. The van der Waals surface area contributed by atoms with Crippen molar-refractivity contribution in [1.29, 1.82) is 0 Å². The van der Waals surface area contributed by atoms with Gasteiger partial charge in [-0.05, 0) is 12.1 Å². The highest BCUT2D eigenvalue weighted by Crippen LogP contribution is 2.31. The van der Waals surface area contributed by atoms with E-state index in [1.54, 1.807) is 0 Å². The lowest BCUT2D eigenvalue weighted by molar-refractivity contribution is -0.384. The largest absolute Gasteiger partial charge is 0.463 e. The van der Waals surface area contributed by atoms with Gasteiger partial charge < -0.3 is 55.1 Å². The van der Waals surface area contributed by atoms with E-state index < -0.39 is 91.2 Å². The van der Waals surface area contributed by atoms with Crippen molar-refractivity contribution in [1.82, 2.24) is 10.6 Å². The fourth-order valence-corrected chi connectivity index (χ4v) is 4.24. The lowest BCUT2D eigenvalue weighted by Gasteiger charge is -2.48. The number of non-ortho nitro benzene ring substituents is 1. The van der Waals surface area contributed by atoms with Gasteiger partial charge in [0.1, 0.15) is 54.5 Å². The molecule has 2 amide bonds. The molecule has 2 fully saturated rings. The number of carbonyl (C=O) groups is 2. The van der Waals surface area contributed by atoms with E-state index in [-0.39, 0.29) is 11.4 Å². The van der Waals surface area contributed by atoms with Gasteiger partial charge in [-0.3, -0.25) is 19.7 Å². The molecule has 16 heteroatoms. The molecule has 0 aromatic heterocycles. The van der Waals surface area contributed by atoms with Crippen LogP contribution in [0.3, 0.4) is 0 Å². The first-order chi connectivity index (χ1) is 18.0. The average Bonchev–Trinajstić information content (AvgIpc) is 2.86. The summed E-state index contributed by atoms with van der Waals surface area (Å²) in [6.07, 6.45) is -11.9. The summed E-state index contributed by atoms with van der Waals surface area (Å²) < 4.78 is 22.9. The lowest BCUT2D eigenvalue weighted by Crippen LogP contribution is -2.70. The minimum absolute atomic E-state index is 0.0895. The quantitative estimate of drug-likeness (QED) is 0.120. The Labute approximate surface area is 216 Å². The maximum Gasteiger partial charge on any atom is 0.269 e. The number of amides is 2. The Kier molecular flexibility index (Phi) is 9.91. The molecule has 0 saturated carbocycles. The maximum absolute atomic E-state index is 12.1. The van der Waals surface area contributed by atoms with E-state index in [1.165, 1.54) is 31.2 Å². The van der Waals surface area contributed by atoms with E-state index in [1.807, 2.05) is 0 Å². The predicted molar refractivity (Wildman–Crippen MR) is 123 cm³/mol. The van der Waals surface area contributed by atoms with Crippen LogP contribution in [0.2, 0.25) is 0 Å². The van der Waals surface area contributed by atoms with Crippen molar-refractivity contribution in [2.45, 2.75) is 75.1 Å². The Morgan fingerprint density at radius 3 is 1.95 bits per heavy atom. The number of hydrogen-bond donors (Lipinski definition) is 7. The van der Waals surface area contributed by atoms with Gasteiger partial charge >= 0.3 is 0 Å². The van der Waals surface area contributed by atoms with Crippen molar-refractivity contribution in [2.24, 2.45) is 0 Å². The standard InChI is InChI=1S/C22H31N3O13/c1-9(28)23-15-19(32)17(30)13(7-26)36-21(15)38-20-16(24-10(2)29)22(37-14(8-27)18(20)31)35-12-5-3-11(4-6-12)25(33)34/h3-6,13-22,26-27,30-32H,7-8H2,1-2H3,(H,23,28)(H,24,29)/t13-,14-,15-,16-,17+,18+,19-,20-,21+,22+/m1/s1. The third kappa shape index (κ3) is 6.72. The summed E-state index contributed by atoms with van der Waals surface area (Å²) in [6, 6.07) is 2.27. The average molecular weight is 545 g/mol. The number of hydrogen-bond acceptors (Lipinski definition) is 13. The number of nitrogens with zero attached hydrogens (tertiary/aromatic N) is 1. The van der Waals surface area contributed by atoms with E-state index >= 15 is 0 Å². The molecule has 0 spiro atoms. The molecule has 16 nitrogen and oxygen atoms in total. The molecule has 3 rings (SSSR count). The number of rotatable bonds is 9. The van der Waals surface area contributed by atoms with Crippen LogP contribution in [0.5, 0.6) is 5.75 Å². The number of aliphatic hydroxyl groups is 5. The SMILES string of the molecule is CC(=O)N[C@H]1[C@H](O[C@H]2[C@@H](O)[C@@H](CO)O[C@H](Oc3ccc([N+](=O)[O-])cc3)[C@@H]2NC(C)=O)O[C@H](CO)[C@H](O)[C@@H]1O. The summed E-state index contributed by atoms with van der Waals surface area (Å²) in [4.78, 5) is 34.1. The number of ether oxygens (including phenoxy) is 4. The Morgan fingerprint density at radius 2 is 1.42 bits per heavy atom. The summed E-state index contributed by atoms with van der Waals surface area (Å²) in [6.45, 7) is 0.883. The van der Waals surface area contributed by atoms with E-state index in [9.17, 15) is 45.2 Å². The molecule has 2 saturated heterocycles. The highest BCUT2D eigenvalue weighted by atomic mass is 16.7. The number of benzene rings is 1. The smallest absolute Gasteiger partial charge is 0.269 e. The first-order valence-electron chi connectivity index (χ1n) is 11.6. The van der Waals surface area contributed by atoms with Crippen LogP contribution in [0.1, 0.15) is 13.8 Å². The van der Waals surface area contributed by atoms with Crippen molar-refractivity contribution in [3.05, 3.63) is 34.4 Å². The summed E-state index contributed by atoms with van der Waals surface area (Å²) in [5.41, 5.74) is -0.206. The molecule has 1 aromatic carbocycles. The van der Waals surface area contributed by atoms with Gasteiger partial charge in [-0.2, -0.15) is 0 Å². The van der Waals surface area contributed by atoms with Gasteiger partial charge in [-0.1, -0.05) is 0 Å². The second-order valence-electron chi connectivity index (χ2n) is 8.84. The second kappa shape index (κ2) is 12.7. The predicted octanol–water partition coefficient (Wildman–Crippen LogP) is -3.11. The topological polar surface area (TPSA) is 239 Å². The molecule has 0 bridgehead atoms. The monoisotopic (exact) mass is 545 g/mol. The summed E-state index contributed by atoms with van der Waals surface area (Å²) >= 11 is 0. The number of aliphatic hydroxyl groups excluding tert-OH is 5. The number of carbonyl (C=O) groups excluding carboxylic acids is 2. The molecular formula is C22H31N3O13. The lowest BCUT2D eigenvalue weighted by atomic mass is 9.94. The normalized spacial score (nSPS) is 35.2. The molecular weight excluding hydrogens is 514 g/mol. The molecule has 0 unspecified atom stereocenters. The van der Waals surface area contributed by atoms with E-state index in [4.69, 9.17) is 18.9 Å². The van der Waals surface area contributed by atoms with E-state index in [2.05, 4.69) is 10.6 Å². The van der Waals surface area contributed by atoms with Crippen LogP contribution >= 0.6 is 0 Å². The van der Waals surface area contributed by atoms with Gasteiger partial charge in [-0.25, -0.2) is 0 Å². The Hall–Kier alpha value is -2.96. The zero-order valence-corrected chi connectivity index (χ0v) is 20.4. The molecule has 2 aliphatic rings. The van der Waals surface area contributed by atoms with Crippen LogP contribution in [0, 0.1) is 10.1 Å². The molecule has 7 N–H and O–H groups in total. The summed E-state index contributed by atoms with van der Waals surface area (Å²) in [7, 11) is 0. The summed E-state index contributed by atoms with van der Waals surface area (Å²) in [5.74, 6) is -1.11. The number of nitro groups is 1. The molecule has 2 aliphatic heterocycles. The number of nitrogens with one attached hydrogen (secondary N) is 2. The van der Waals surface area contributed by atoms with E-state index in [0.717, 1.165) is 6.92 Å². The van der Waals surface area contributed by atoms with Crippen LogP contribution in [0.15, 0.2) is 24.3 Å². The van der Waals surface area contributed by atoms with Crippen LogP contribution < -0.4 is 15.4 Å². The van der Waals surface area contributed by atoms with Crippen LogP contribution in [0.25, 0.3) is 0 Å². The van der Waals surface area contributed by atoms with Crippen molar-refractivity contribution < 1.29 is 59.0 Å². The first kappa shape index (κ1) is 29.6. The minimum Gasteiger partial charge on any atom is -0.463 e. The highest BCUT2D eigenvalue weighted by molar-refractivity contribution is 5.73. The number of nitro benzene ring substituents is 1. The van der Waals surface area contributed by atoms with Crippen molar-refractivity contribution >= 4 is 17.5 Å². The molecule has 38 heavy (non-hydrogen) atoms. The second-order valence-corrected chi connectivity index (χ2v) is 8.84. The fourth-order valence-electron chi connectivity index (χ4n) is 4.24. The van der Waals surface area contributed by atoms with E-state index in [0.29, 0.717) is 0 Å². The molecule has 10 atom stereocenters. The van der Waals surface area contributed by atoms with Gasteiger partial charge in [0.15, 0.2) is 6.29 Å². The third-order valence-electron chi connectivity index (χ3n) is 6.07. The fraction of sp³-hybridized carbons (Fsp3) is 0.636. The van der Waals surface area contributed by atoms with Gasteiger partial charge in [0.25, 0.3) is 5.69 Å².